The number of hydrogen-bond donors (Lipinski definition) is 5. The maximum Gasteiger partial charge on any atom is 0.335 e. The van der Waals surface area contributed by atoms with Crippen molar-refractivity contribution in [1.29, 1.82) is 0 Å². The van der Waals surface area contributed by atoms with Crippen LogP contribution in [0.4, 0.5) is 0 Å². The van der Waals surface area contributed by atoms with Gasteiger partial charge < -0.3 is 58.9 Å². The van der Waals surface area contributed by atoms with E-state index >= 15 is 0 Å². The number of amides is 3. The van der Waals surface area contributed by atoms with E-state index in [2.05, 4.69) is 74.8 Å². The molecule has 3 amide bonds. The van der Waals surface area contributed by atoms with Crippen LogP contribution >= 0.6 is 0 Å². The Kier molecular flexibility index (Phi) is 19.5. The number of carboxylic acid groups (broad SMARTS) is 2. The Labute approximate surface area is 536 Å². The number of piperidine rings is 1. The van der Waals surface area contributed by atoms with Crippen LogP contribution in [0.25, 0.3) is 55.2 Å². The van der Waals surface area contributed by atoms with Crippen molar-refractivity contribution in [2.75, 3.05) is 53.5 Å². The molecule has 5 N–H and O–H groups in total. The second-order valence-corrected chi connectivity index (χ2v) is 25.5. The third-order valence-electron chi connectivity index (χ3n) is 19.4. The molecule has 2 saturated heterocycles. The number of aromatic hydroxyl groups is 1. The molecule has 4 aliphatic rings. The molecule has 92 heavy (non-hydrogen) atoms. The van der Waals surface area contributed by atoms with Crippen LogP contribution in [0.15, 0.2) is 146 Å². The Morgan fingerprint density at radius 1 is 0.609 bits per heavy atom. The van der Waals surface area contributed by atoms with Gasteiger partial charge in [0.05, 0.1) is 41.2 Å². The Morgan fingerprint density at radius 3 is 1.72 bits per heavy atom. The smallest absolute Gasteiger partial charge is 0.335 e. The van der Waals surface area contributed by atoms with Crippen LogP contribution in [0.1, 0.15) is 132 Å². The predicted molar refractivity (Wildman–Crippen MR) is 357 cm³/mol. The van der Waals surface area contributed by atoms with E-state index in [1.54, 1.807) is 48.7 Å². The maximum absolute atomic E-state index is 13.9. The Balaban J connectivity index is 0.000000178. The van der Waals surface area contributed by atoms with Gasteiger partial charge in [0.25, 0.3) is 5.91 Å². The molecule has 2 aliphatic heterocycles. The highest BCUT2D eigenvalue weighted by atomic mass is 16.5. The minimum atomic E-state index is -1.21. The number of fused-ring (bicyclic) bond motifs is 3. The molecular weight excluding hydrogens is 1160 g/mol. The second-order valence-electron chi connectivity index (χ2n) is 25.5. The number of aliphatic carboxylic acids is 1. The second kappa shape index (κ2) is 28.5. The molecule has 2 saturated carbocycles. The number of benzene rings is 6. The molecule has 478 valence electrons. The zero-order valence-electron chi connectivity index (χ0n) is 52.7. The topological polar surface area (TPSA) is 212 Å². The van der Waals surface area contributed by atoms with E-state index < -0.39 is 23.9 Å². The number of morpholine rings is 1. The summed E-state index contributed by atoms with van der Waals surface area (Å²) in [4.78, 5) is 75.1. The van der Waals surface area contributed by atoms with Gasteiger partial charge in [0.2, 0.25) is 11.8 Å². The first-order chi connectivity index (χ1) is 44.8. The number of nitrogens with one attached hydrogen (secondary N) is 2. The number of phenolic OH excluding ortho intramolecular Hbond substituents is 1. The molecule has 5 heterocycles. The fraction of sp³-hybridized carbons (Fsp3) is 0.373. The van der Waals surface area contributed by atoms with Crippen LogP contribution in [-0.2, 0) is 45.2 Å². The summed E-state index contributed by atoms with van der Waals surface area (Å²) in [6, 6.07) is 43.5. The summed E-state index contributed by atoms with van der Waals surface area (Å²) in [5, 5.41) is 35.5. The van der Waals surface area contributed by atoms with Crippen molar-refractivity contribution in [3.63, 3.8) is 0 Å². The normalized spacial score (nSPS) is 16.4. The van der Waals surface area contributed by atoms with E-state index in [4.69, 9.17) is 9.47 Å². The number of carbonyl (C=O) groups excluding carboxylic acids is 3. The highest BCUT2D eigenvalue weighted by Gasteiger charge is 2.33. The average molecular weight is 1240 g/mol. The zero-order valence-corrected chi connectivity index (χ0v) is 52.7. The van der Waals surface area contributed by atoms with Crippen LogP contribution in [0.2, 0.25) is 0 Å². The van der Waals surface area contributed by atoms with E-state index in [1.807, 2.05) is 70.5 Å². The lowest BCUT2D eigenvalue weighted by atomic mass is 9.81. The molecule has 9 aromatic rings. The van der Waals surface area contributed by atoms with Crippen molar-refractivity contribution in [1.82, 2.24) is 34.1 Å². The third-order valence-corrected chi connectivity index (χ3v) is 19.4. The third kappa shape index (κ3) is 14.0. The van der Waals surface area contributed by atoms with E-state index in [0.717, 1.165) is 126 Å². The monoisotopic (exact) mass is 1240 g/mol. The first-order valence-electron chi connectivity index (χ1n) is 32.8. The molecule has 6 aromatic carbocycles. The maximum atomic E-state index is 13.9. The van der Waals surface area contributed by atoms with Gasteiger partial charge in [-0.05, 0) is 165 Å². The Bertz CT molecular complexity index is 4090. The summed E-state index contributed by atoms with van der Waals surface area (Å²) in [6.07, 6.45) is 15.0. The van der Waals surface area contributed by atoms with Crippen LogP contribution in [0.5, 0.6) is 11.5 Å². The number of likely N-dealkylation sites (tertiary alicyclic amines) is 1. The minimum absolute atomic E-state index is 0.00635. The highest BCUT2D eigenvalue weighted by molar-refractivity contribution is 6.03. The van der Waals surface area contributed by atoms with E-state index in [-0.39, 0.29) is 42.6 Å². The van der Waals surface area contributed by atoms with E-state index in [1.165, 1.54) is 36.8 Å². The van der Waals surface area contributed by atoms with Gasteiger partial charge in [0.1, 0.15) is 37.2 Å². The summed E-state index contributed by atoms with van der Waals surface area (Å²) < 4.78 is 15.8. The average Bonchev–Trinajstić information content (AvgIpc) is 1.60. The number of rotatable bonds is 18. The first-order valence-corrected chi connectivity index (χ1v) is 32.8. The molecule has 13 rings (SSSR count). The van der Waals surface area contributed by atoms with Crippen molar-refractivity contribution in [2.24, 2.45) is 0 Å². The van der Waals surface area contributed by atoms with Crippen LogP contribution in [0.3, 0.4) is 0 Å². The number of nitrogens with zero attached hydrogens (tertiary/aromatic N) is 5. The first kappa shape index (κ1) is 63.0. The lowest BCUT2D eigenvalue weighted by Crippen LogP contribution is -2.45. The van der Waals surface area contributed by atoms with Crippen LogP contribution in [0, 0.1) is 0 Å². The van der Waals surface area contributed by atoms with Gasteiger partial charge in [-0.2, -0.15) is 0 Å². The Hall–Kier alpha value is -9.19. The van der Waals surface area contributed by atoms with Crippen molar-refractivity contribution in [3.05, 3.63) is 179 Å². The van der Waals surface area contributed by atoms with Gasteiger partial charge in [-0.1, -0.05) is 111 Å². The van der Waals surface area contributed by atoms with Gasteiger partial charge in [-0.15, -0.1) is 0 Å². The van der Waals surface area contributed by atoms with Gasteiger partial charge in [0, 0.05) is 72.1 Å². The van der Waals surface area contributed by atoms with Crippen molar-refractivity contribution >= 4 is 62.4 Å². The lowest BCUT2D eigenvalue weighted by molar-refractivity contribution is -0.139. The van der Waals surface area contributed by atoms with Crippen LogP contribution in [-0.4, -0.2) is 139 Å². The zero-order chi connectivity index (χ0) is 63.8. The lowest BCUT2D eigenvalue weighted by Gasteiger charge is -2.35. The summed E-state index contributed by atoms with van der Waals surface area (Å²) in [6.45, 7) is 4.34. The largest absolute Gasteiger partial charge is 0.508 e. The molecule has 1 atom stereocenters. The summed E-state index contributed by atoms with van der Waals surface area (Å²) in [5.74, 6) is -1.02. The molecule has 0 radical (unpaired) electrons. The number of aromatic nitrogens is 3. The standard InChI is InChI=1S/C38H40N4O6.C37H43N3O4/c43-28-12-14-31-30(21-28)27(22-39-31)19-32(38(46)47)40-37(45)26-11-13-29-33(20-26)42(23-34(44)41-15-17-48-18-16-41)36(25-9-5-2-6-10-25)35(29)24-7-3-1-4-8-24;1-38(2)30-19-21-39(22-20-30)34(41)24-40-33-23-29(37(42)43)15-18-32(33)35(27-11-7-4-8-12-27)36(40)28-13-16-31(17-14-28)44-25-26-9-5-3-6-10-26/h2,5-6,9-14,20-22,24,32,39,43H,1,3-4,7-8,15-19,23H2,(H,40,45)(H,46,47);3,5-6,9-10,13-18,23,27,30H,4,7-8,11-12,19-22,24-25H2,1-2H3,(H,42,43)/t32-;/m0./s1. The molecule has 2 aliphatic carbocycles. The molecular formula is C75H83N7O10. The van der Waals surface area contributed by atoms with Gasteiger partial charge >= 0.3 is 11.9 Å². The van der Waals surface area contributed by atoms with Crippen molar-refractivity contribution in [3.8, 4) is 34.0 Å². The Morgan fingerprint density at radius 2 is 1.15 bits per heavy atom. The van der Waals surface area contributed by atoms with Crippen molar-refractivity contribution in [2.45, 2.75) is 127 Å². The molecule has 0 spiro atoms. The molecule has 0 bridgehead atoms. The van der Waals surface area contributed by atoms with E-state index in [0.29, 0.717) is 67.3 Å². The van der Waals surface area contributed by atoms with Gasteiger partial charge in [0.15, 0.2) is 0 Å². The quantitative estimate of drug-likeness (QED) is 0.0545. The van der Waals surface area contributed by atoms with Crippen molar-refractivity contribution < 1.29 is 48.8 Å². The predicted octanol–water partition coefficient (Wildman–Crippen LogP) is 13.0. The number of aromatic amines is 1. The fourth-order valence-electron chi connectivity index (χ4n) is 14.5. The molecule has 3 aromatic heterocycles. The fourth-order valence-corrected chi connectivity index (χ4v) is 14.5. The molecule has 4 fully saturated rings. The number of hydrogen-bond acceptors (Lipinski definition) is 9. The number of aromatic carboxylic acids is 1. The molecule has 17 nitrogen and oxygen atoms in total. The molecule has 0 unspecified atom stereocenters. The number of carboxylic acids is 2. The number of carbonyl (C=O) groups is 5. The number of H-pyrrole nitrogens is 1. The van der Waals surface area contributed by atoms with Gasteiger partial charge in [-0.25, -0.2) is 9.59 Å². The number of ether oxygens (including phenoxy) is 2. The summed E-state index contributed by atoms with van der Waals surface area (Å²) in [7, 11) is 4.20. The van der Waals surface area contributed by atoms with E-state index in [9.17, 15) is 39.3 Å². The molecule has 17 heteroatoms. The van der Waals surface area contributed by atoms with Crippen LogP contribution < -0.4 is 10.1 Å². The summed E-state index contributed by atoms with van der Waals surface area (Å²) in [5.41, 5.74) is 11.2. The minimum Gasteiger partial charge on any atom is -0.508 e. The van der Waals surface area contributed by atoms with Gasteiger partial charge in [-0.3, -0.25) is 14.4 Å². The SMILES string of the molecule is CN(C)C1CCN(C(=O)Cn2c(-c3ccc(OCc4ccccc4)cc3)c(C3CCCCC3)c3ccc(C(=O)O)cc32)CC1.O=C(N[C@@H](Cc1c[nH]c2ccc(O)cc12)C(=O)O)c1ccc2c(C3CCCCC3)c(-c3ccccc3)n(CC(=O)N3CCOCC3)c2c1. The summed E-state index contributed by atoms with van der Waals surface area (Å²) >= 11 is 0. The highest BCUT2D eigenvalue weighted by Crippen LogP contribution is 2.47. The number of phenols is 1.